The van der Waals surface area contributed by atoms with Gasteiger partial charge in [-0.2, -0.15) is 4.31 Å². The van der Waals surface area contributed by atoms with E-state index in [1.54, 1.807) is 38.1 Å². The zero-order valence-corrected chi connectivity index (χ0v) is 30.5. The van der Waals surface area contributed by atoms with Crippen molar-refractivity contribution in [3.63, 3.8) is 0 Å². The number of hydrogen-bond donors (Lipinski definition) is 3. The average molecular weight is 749 g/mol. The molecule has 2 aromatic carbocycles. The van der Waals surface area contributed by atoms with Gasteiger partial charge in [-0.3, -0.25) is 24.6 Å². The van der Waals surface area contributed by atoms with Crippen LogP contribution in [-0.2, 0) is 32.6 Å². The highest BCUT2D eigenvalue weighted by Gasteiger charge is 2.44. The molecule has 1 aromatic heterocycles. The monoisotopic (exact) mass is 748 g/mol. The van der Waals surface area contributed by atoms with E-state index in [4.69, 9.17) is 17.3 Å². The van der Waals surface area contributed by atoms with Crippen LogP contribution in [0.5, 0.6) is 0 Å². The van der Waals surface area contributed by atoms with Gasteiger partial charge in [-0.1, -0.05) is 81.0 Å². The first-order valence-electron chi connectivity index (χ1n) is 15.9. The van der Waals surface area contributed by atoms with Crippen LogP contribution in [0.3, 0.4) is 0 Å². The largest absolute Gasteiger partial charge is 0.397 e. The van der Waals surface area contributed by atoms with Crippen LogP contribution in [0.4, 0.5) is 15.5 Å². The summed E-state index contributed by atoms with van der Waals surface area (Å²) >= 11 is 6.91. The maximum Gasteiger partial charge on any atom is 0.328 e. The number of nitrogen functional groups attached to an aromatic ring is 1. The molecule has 4 rings (SSSR count). The van der Waals surface area contributed by atoms with E-state index in [0.29, 0.717) is 5.56 Å². The number of benzene rings is 2. The van der Waals surface area contributed by atoms with E-state index < -0.39 is 63.4 Å². The van der Waals surface area contributed by atoms with E-state index in [1.165, 1.54) is 29.6 Å². The van der Waals surface area contributed by atoms with Crippen molar-refractivity contribution in [1.82, 2.24) is 19.4 Å². The molecule has 14 nitrogen and oxygen atoms in total. The summed E-state index contributed by atoms with van der Waals surface area (Å²) in [6, 6.07) is 11.4. The number of imide groups is 1. The van der Waals surface area contributed by atoms with E-state index in [2.05, 4.69) is 5.32 Å². The highest BCUT2D eigenvalue weighted by atomic mass is 35.5. The Hall–Kier alpha value is -4.09. The number of aliphatic hydroxyl groups is 1. The number of sulfonamides is 1. The number of carbonyl (C=O) groups is 3. The quantitative estimate of drug-likeness (QED) is 0.0836. The number of aliphatic hydroxyl groups excluding tert-OH is 1. The molecule has 1 aliphatic rings. The number of hydrogen-bond acceptors (Lipinski definition) is 10. The van der Waals surface area contributed by atoms with Crippen LogP contribution in [0.25, 0.3) is 0 Å². The number of amides is 4. The van der Waals surface area contributed by atoms with Crippen molar-refractivity contribution in [2.75, 3.05) is 25.4 Å². The molecule has 17 heteroatoms. The number of anilines is 1. The Balaban J connectivity index is 1.59. The van der Waals surface area contributed by atoms with Gasteiger partial charge in [-0.25, -0.2) is 13.2 Å². The van der Waals surface area contributed by atoms with Crippen LogP contribution in [-0.4, -0.2) is 88.2 Å². The second-order valence-corrected chi connectivity index (χ2v) is 16.1. The van der Waals surface area contributed by atoms with E-state index in [1.807, 2.05) is 19.9 Å². The second-order valence-electron chi connectivity index (χ2n) is 12.9. The molecule has 270 valence electrons. The van der Waals surface area contributed by atoms with Gasteiger partial charge in [0.25, 0.3) is 5.91 Å². The van der Waals surface area contributed by atoms with Crippen molar-refractivity contribution in [3.05, 3.63) is 86.2 Å². The number of nitro groups is 1. The van der Waals surface area contributed by atoms with Crippen molar-refractivity contribution in [3.8, 4) is 0 Å². The van der Waals surface area contributed by atoms with E-state index in [0.717, 1.165) is 31.0 Å². The minimum absolute atomic E-state index is 0.0516. The molecule has 50 heavy (non-hydrogen) atoms. The van der Waals surface area contributed by atoms with Crippen molar-refractivity contribution >= 4 is 61.5 Å². The lowest BCUT2D eigenvalue weighted by molar-refractivity contribution is -0.380. The number of thiophene rings is 1. The lowest BCUT2D eigenvalue weighted by Crippen LogP contribution is -2.57. The maximum absolute atomic E-state index is 14.0. The van der Waals surface area contributed by atoms with Gasteiger partial charge in [0.15, 0.2) is 0 Å². The van der Waals surface area contributed by atoms with Gasteiger partial charge in [0.1, 0.15) is 12.6 Å². The lowest BCUT2D eigenvalue weighted by atomic mass is 9.97. The first kappa shape index (κ1) is 38.7. The zero-order valence-electron chi connectivity index (χ0n) is 28.1. The summed E-state index contributed by atoms with van der Waals surface area (Å²) in [6.45, 7) is 6.18. The molecule has 0 aliphatic carbocycles. The van der Waals surface area contributed by atoms with E-state index >= 15 is 0 Å². The van der Waals surface area contributed by atoms with Crippen molar-refractivity contribution < 1.29 is 32.8 Å². The Morgan fingerprint density at radius 1 is 1.10 bits per heavy atom. The molecule has 0 spiro atoms. The topological polar surface area (TPSA) is 196 Å². The molecule has 1 saturated heterocycles. The fourth-order valence-corrected chi connectivity index (χ4v) is 8.22. The molecule has 3 atom stereocenters. The van der Waals surface area contributed by atoms with Crippen LogP contribution < -0.4 is 11.1 Å². The molecular weight excluding hydrogens is 708 g/mol. The molecule has 1 aliphatic heterocycles. The highest BCUT2D eigenvalue weighted by Crippen LogP contribution is 2.28. The summed E-state index contributed by atoms with van der Waals surface area (Å²) in [6.07, 6.45) is -1.29. The summed E-state index contributed by atoms with van der Waals surface area (Å²) in [7, 11) is -4.17. The van der Waals surface area contributed by atoms with Gasteiger partial charge >= 0.3 is 11.0 Å². The van der Waals surface area contributed by atoms with Gasteiger partial charge < -0.3 is 21.1 Å². The van der Waals surface area contributed by atoms with Crippen LogP contribution >= 0.6 is 22.9 Å². The molecule has 0 saturated carbocycles. The molecule has 4 amide bonds. The summed E-state index contributed by atoms with van der Waals surface area (Å²) in [4.78, 5) is 53.2. The average Bonchev–Trinajstić information content (AvgIpc) is 3.62. The molecule has 3 aromatic rings. The summed E-state index contributed by atoms with van der Waals surface area (Å²) < 4.78 is 28.8. The zero-order chi connectivity index (χ0) is 36.9. The molecule has 0 radical (unpaired) electrons. The molecule has 4 N–H and O–H groups in total. The van der Waals surface area contributed by atoms with Crippen LogP contribution in [0.1, 0.15) is 38.8 Å². The Morgan fingerprint density at radius 2 is 1.78 bits per heavy atom. The maximum atomic E-state index is 14.0. The Kier molecular flexibility index (Phi) is 12.6. The minimum atomic E-state index is -4.17. The first-order valence-corrected chi connectivity index (χ1v) is 18.6. The summed E-state index contributed by atoms with van der Waals surface area (Å²) in [5.74, 6) is -1.81. The van der Waals surface area contributed by atoms with Crippen molar-refractivity contribution in [1.29, 1.82) is 0 Å². The number of halogens is 1. The lowest BCUT2D eigenvalue weighted by Gasteiger charge is -2.34. The fraction of sp³-hybridized carbons (Fsp3) is 0.424. The minimum Gasteiger partial charge on any atom is -0.397 e. The predicted molar refractivity (Wildman–Crippen MR) is 190 cm³/mol. The SMILES string of the molecule is CC(C)CN(C[C@H](O)[C@H](Cc1ccccc1)NC(=O)C(C(C)C)N1CC(=O)N(Cc2csc([N+](=O)[O-])c2)C1=O)S(=O)(=O)c1ccc(Cl)c(N)c1. The molecule has 0 bridgehead atoms. The number of carbonyl (C=O) groups excluding carboxylic acids is 3. The van der Waals surface area contributed by atoms with Crippen LogP contribution in [0.15, 0.2) is 64.9 Å². The van der Waals surface area contributed by atoms with E-state index in [9.17, 15) is 38.0 Å². The van der Waals surface area contributed by atoms with Crippen LogP contribution in [0, 0.1) is 22.0 Å². The summed E-state index contributed by atoms with van der Waals surface area (Å²) in [5.41, 5.74) is 7.14. The fourth-order valence-electron chi connectivity index (χ4n) is 5.73. The van der Waals surface area contributed by atoms with Crippen LogP contribution in [0.2, 0.25) is 5.02 Å². The first-order chi connectivity index (χ1) is 23.5. The standard InChI is InChI=1S/C33H41ClN6O8S2/c1-20(2)15-37(50(47,48)24-10-11-25(34)26(35)14-24)17-28(41)27(12-22-8-6-5-7-9-22)36-32(43)31(21(3)4)39-18-29(42)38(33(39)44)16-23-13-30(40(45)46)49-19-23/h5-11,13-14,19-21,27-28,31,41H,12,15-18,35H2,1-4H3,(H,36,43)/t27-,28-,31?/m0/s1. The van der Waals surface area contributed by atoms with E-state index in [-0.39, 0.29) is 52.6 Å². The van der Waals surface area contributed by atoms with Gasteiger partial charge in [-0.05, 0) is 47.6 Å². The predicted octanol–water partition coefficient (Wildman–Crippen LogP) is 4.12. The van der Waals surface area contributed by atoms with Crippen molar-refractivity contribution in [2.45, 2.75) is 63.7 Å². The molecule has 1 unspecified atom stereocenters. The van der Waals surface area contributed by atoms with Gasteiger partial charge in [0.2, 0.25) is 15.9 Å². The summed E-state index contributed by atoms with van der Waals surface area (Å²) in [5, 5.41) is 27.2. The molecule has 2 heterocycles. The van der Waals surface area contributed by atoms with Gasteiger partial charge in [0.05, 0.1) is 39.2 Å². The number of rotatable bonds is 16. The van der Waals surface area contributed by atoms with Gasteiger partial charge in [-0.15, -0.1) is 0 Å². The third-order valence-corrected chi connectivity index (χ3v) is 11.2. The normalized spacial score (nSPS) is 15.6. The second kappa shape index (κ2) is 16.3. The Labute approximate surface area is 300 Å². The number of nitrogens with zero attached hydrogens (tertiary/aromatic N) is 4. The van der Waals surface area contributed by atoms with Gasteiger partial charge in [0, 0.05) is 24.5 Å². The smallest absolute Gasteiger partial charge is 0.328 e. The number of nitrogens with one attached hydrogen (secondary N) is 1. The third-order valence-electron chi connectivity index (χ3n) is 8.13. The highest BCUT2D eigenvalue weighted by molar-refractivity contribution is 7.89. The Morgan fingerprint density at radius 3 is 2.36 bits per heavy atom. The number of urea groups is 1. The molecule has 1 fully saturated rings. The third kappa shape index (κ3) is 9.17. The Bertz CT molecular complexity index is 1820. The molecular formula is C33H41ClN6O8S2. The number of nitrogens with two attached hydrogens (primary N) is 1. The van der Waals surface area contributed by atoms with Crippen molar-refractivity contribution in [2.24, 2.45) is 11.8 Å².